The summed E-state index contributed by atoms with van der Waals surface area (Å²) in [6.45, 7) is 3.21. The minimum Gasteiger partial charge on any atom is -0.423 e. The van der Waals surface area contributed by atoms with E-state index in [0.717, 1.165) is 17.7 Å². The maximum atomic E-state index is 13.5. The molecule has 176 valence electrons. The highest BCUT2D eigenvalue weighted by atomic mass is 79.9. The van der Waals surface area contributed by atoms with Crippen LogP contribution in [0.4, 0.5) is 17.6 Å². The van der Waals surface area contributed by atoms with Crippen molar-refractivity contribution < 1.29 is 27.6 Å². The molecule has 34 heavy (non-hydrogen) atoms. The molecule has 4 aromatic rings. The van der Waals surface area contributed by atoms with Crippen LogP contribution in [0, 0.1) is 37.1 Å². The average molecular weight is 533 g/mol. The zero-order chi connectivity index (χ0) is 25.3. The fraction of sp³-hybridized carbons (Fsp3) is 0.0769. The van der Waals surface area contributed by atoms with E-state index >= 15 is 0 Å². The molecule has 8 heteroatoms. The molecule has 0 saturated heterocycles. The molecule has 0 heterocycles. The Hall–Kier alpha value is -2.94. The SMILES string of the molecule is Cc1cc(-c2ccccc2)c(F)cc1F.Cc1cc(Br)c(F)cc1F.OB(O)c1ccccc1. The smallest absolute Gasteiger partial charge is 0.423 e. The molecule has 0 unspecified atom stereocenters. The number of aryl methyl sites for hydroxylation is 2. The van der Waals surface area contributed by atoms with E-state index in [2.05, 4.69) is 15.9 Å². The van der Waals surface area contributed by atoms with Gasteiger partial charge in [-0.1, -0.05) is 60.7 Å². The van der Waals surface area contributed by atoms with Crippen LogP contribution >= 0.6 is 15.9 Å². The van der Waals surface area contributed by atoms with Crippen molar-refractivity contribution in [2.45, 2.75) is 13.8 Å². The van der Waals surface area contributed by atoms with E-state index in [1.54, 1.807) is 50.2 Å². The molecule has 4 aromatic carbocycles. The van der Waals surface area contributed by atoms with Gasteiger partial charge in [-0.05, 0) is 64.1 Å². The fourth-order valence-corrected chi connectivity index (χ4v) is 3.20. The Bertz CT molecular complexity index is 1160. The lowest BCUT2D eigenvalue weighted by Crippen LogP contribution is -2.29. The normalized spacial score (nSPS) is 9.91. The molecule has 0 saturated carbocycles. The maximum absolute atomic E-state index is 13.5. The highest BCUT2D eigenvalue weighted by Gasteiger charge is 2.09. The average Bonchev–Trinajstić information content (AvgIpc) is 2.82. The maximum Gasteiger partial charge on any atom is 0.488 e. The first-order valence-corrected chi connectivity index (χ1v) is 10.9. The largest absolute Gasteiger partial charge is 0.488 e. The highest BCUT2D eigenvalue weighted by Crippen LogP contribution is 2.25. The number of hydrogen-bond acceptors (Lipinski definition) is 2. The lowest BCUT2D eigenvalue weighted by Gasteiger charge is -2.05. The van der Waals surface area contributed by atoms with E-state index in [-0.39, 0.29) is 0 Å². The highest BCUT2D eigenvalue weighted by molar-refractivity contribution is 9.10. The first-order valence-electron chi connectivity index (χ1n) is 10.1. The van der Waals surface area contributed by atoms with Crippen molar-refractivity contribution in [2.75, 3.05) is 0 Å². The van der Waals surface area contributed by atoms with E-state index in [1.165, 1.54) is 12.1 Å². The van der Waals surface area contributed by atoms with Crippen molar-refractivity contribution in [3.05, 3.63) is 124 Å². The van der Waals surface area contributed by atoms with Crippen molar-refractivity contribution in [3.8, 4) is 11.1 Å². The molecule has 0 spiro atoms. The van der Waals surface area contributed by atoms with Gasteiger partial charge in [0.1, 0.15) is 23.3 Å². The van der Waals surface area contributed by atoms with E-state index in [4.69, 9.17) is 10.0 Å². The molecule has 2 nitrogen and oxygen atoms in total. The summed E-state index contributed by atoms with van der Waals surface area (Å²) in [6.07, 6.45) is 0. The van der Waals surface area contributed by atoms with Crippen molar-refractivity contribution in [1.29, 1.82) is 0 Å². The fourth-order valence-electron chi connectivity index (χ4n) is 2.74. The molecule has 0 aromatic heterocycles. The second-order valence-corrected chi connectivity index (χ2v) is 8.10. The third-order valence-corrected chi connectivity index (χ3v) is 5.24. The molecule has 0 aliphatic rings. The van der Waals surface area contributed by atoms with Gasteiger partial charge in [-0.2, -0.15) is 0 Å². The Morgan fingerprint density at radius 3 is 1.56 bits per heavy atom. The van der Waals surface area contributed by atoms with Gasteiger partial charge in [0.05, 0.1) is 4.47 Å². The van der Waals surface area contributed by atoms with Crippen molar-refractivity contribution in [3.63, 3.8) is 0 Å². The third kappa shape index (κ3) is 8.13. The van der Waals surface area contributed by atoms with Crippen LogP contribution in [0.25, 0.3) is 11.1 Å². The van der Waals surface area contributed by atoms with Crippen LogP contribution in [0.15, 0.2) is 89.4 Å². The standard InChI is InChI=1S/C13H10F2.C7H5BrF2.C6H7BO2/c1-9-7-11(13(15)8-12(9)14)10-5-3-2-4-6-10;1-4-2-5(8)7(10)3-6(4)9;8-7(9)6-4-2-1-3-5-6/h2-8H,1H3;2-3H,1H3;1-5,8-9H. The van der Waals surface area contributed by atoms with Gasteiger partial charge in [0.2, 0.25) is 0 Å². The molecule has 0 aliphatic carbocycles. The van der Waals surface area contributed by atoms with E-state index in [0.29, 0.717) is 26.6 Å². The number of benzene rings is 4. The van der Waals surface area contributed by atoms with Gasteiger partial charge >= 0.3 is 7.12 Å². The Balaban J connectivity index is 0.000000189. The minimum absolute atomic E-state index is 0.298. The summed E-state index contributed by atoms with van der Waals surface area (Å²) in [5.74, 6) is -2.11. The number of halogens is 5. The summed E-state index contributed by atoms with van der Waals surface area (Å²) in [4.78, 5) is 0. The molecule has 0 amide bonds. The van der Waals surface area contributed by atoms with Crippen LogP contribution in [0.2, 0.25) is 0 Å². The first-order chi connectivity index (χ1) is 16.1. The van der Waals surface area contributed by atoms with E-state index in [1.807, 2.05) is 24.3 Å². The number of hydrogen-bond donors (Lipinski definition) is 2. The quantitative estimate of drug-likeness (QED) is 0.179. The van der Waals surface area contributed by atoms with Crippen LogP contribution in [0.5, 0.6) is 0 Å². The summed E-state index contributed by atoms with van der Waals surface area (Å²) < 4.78 is 51.8. The van der Waals surface area contributed by atoms with Crippen LogP contribution in [-0.4, -0.2) is 17.2 Å². The predicted octanol–water partition coefficient (Wildman–Crippen LogP) is 6.34. The summed E-state index contributed by atoms with van der Waals surface area (Å²) in [5.41, 5.74) is 2.62. The molecule has 4 rings (SSSR count). The molecule has 2 N–H and O–H groups in total. The zero-order valence-electron chi connectivity index (χ0n) is 18.4. The lowest BCUT2D eigenvalue weighted by molar-refractivity contribution is 0.426. The van der Waals surface area contributed by atoms with Crippen LogP contribution < -0.4 is 5.46 Å². The van der Waals surface area contributed by atoms with Gasteiger partial charge in [-0.3, -0.25) is 0 Å². The molecular weight excluding hydrogens is 511 g/mol. The van der Waals surface area contributed by atoms with Crippen molar-refractivity contribution in [2.24, 2.45) is 0 Å². The predicted molar refractivity (Wildman–Crippen MR) is 132 cm³/mol. The van der Waals surface area contributed by atoms with Gasteiger partial charge in [-0.15, -0.1) is 0 Å². The lowest BCUT2D eigenvalue weighted by atomic mass is 9.81. The van der Waals surface area contributed by atoms with Crippen molar-refractivity contribution in [1.82, 2.24) is 0 Å². The summed E-state index contributed by atoms with van der Waals surface area (Å²) in [7, 11) is -1.34. The van der Waals surface area contributed by atoms with E-state index in [9.17, 15) is 17.6 Å². The second kappa shape index (κ2) is 13.1. The van der Waals surface area contributed by atoms with E-state index < -0.39 is 30.4 Å². The topological polar surface area (TPSA) is 40.5 Å². The third-order valence-electron chi connectivity index (χ3n) is 4.63. The molecule has 0 bridgehead atoms. The van der Waals surface area contributed by atoms with Gasteiger partial charge < -0.3 is 10.0 Å². The zero-order valence-corrected chi connectivity index (χ0v) is 20.0. The molecule has 0 fully saturated rings. The van der Waals surface area contributed by atoms with Gasteiger partial charge in [-0.25, -0.2) is 17.6 Å². The monoisotopic (exact) mass is 532 g/mol. The Kier molecular flexibility index (Phi) is 10.5. The van der Waals surface area contributed by atoms with Gasteiger partial charge in [0.25, 0.3) is 0 Å². The van der Waals surface area contributed by atoms with Crippen LogP contribution in [-0.2, 0) is 0 Å². The summed E-state index contributed by atoms with van der Waals surface area (Å²) >= 11 is 2.94. The van der Waals surface area contributed by atoms with Crippen LogP contribution in [0.1, 0.15) is 11.1 Å². The van der Waals surface area contributed by atoms with Gasteiger partial charge in [0, 0.05) is 17.7 Å². The summed E-state index contributed by atoms with van der Waals surface area (Å²) in [5, 5.41) is 17.2. The second-order valence-electron chi connectivity index (χ2n) is 7.25. The Morgan fingerprint density at radius 1 is 0.618 bits per heavy atom. The molecule has 0 radical (unpaired) electrons. The molecule has 0 atom stereocenters. The Labute approximate surface area is 204 Å². The molecular formula is C26H22BBrF4O2. The Morgan fingerprint density at radius 2 is 1.09 bits per heavy atom. The van der Waals surface area contributed by atoms with Crippen molar-refractivity contribution >= 4 is 28.5 Å². The molecule has 0 aliphatic heterocycles. The number of rotatable bonds is 2. The first kappa shape index (κ1) is 27.3. The minimum atomic E-state index is -1.34. The summed E-state index contributed by atoms with van der Waals surface area (Å²) in [6, 6.07) is 22.5. The van der Waals surface area contributed by atoms with Gasteiger partial charge in [0.15, 0.2) is 0 Å². The van der Waals surface area contributed by atoms with Crippen LogP contribution in [0.3, 0.4) is 0 Å².